The zero-order valence-corrected chi connectivity index (χ0v) is 23.1. The lowest BCUT2D eigenvalue weighted by Gasteiger charge is -2.35. The third kappa shape index (κ3) is 4.88. The van der Waals surface area contributed by atoms with Crippen LogP contribution in [0.15, 0.2) is 30.3 Å². The Hall–Kier alpha value is -3.82. The molecule has 6 rings (SSSR count). The van der Waals surface area contributed by atoms with Gasteiger partial charge in [0, 0.05) is 58.8 Å². The molecule has 3 aliphatic rings. The number of carbonyl (C=O) groups is 2. The van der Waals surface area contributed by atoms with Crippen LogP contribution in [-0.4, -0.2) is 89.1 Å². The molecule has 3 aliphatic heterocycles. The molecular weight excluding hydrogens is 494 g/mol. The van der Waals surface area contributed by atoms with E-state index in [1.54, 1.807) is 11.8 Å². The lowest BCUT2D eigenvalue weighted by Crippen LogP contribution is -2.40. The van der Waals surface area contributed by atoms with E-state index in [1.807, 2.05) is 47.7 Å². The number of aromatic nitrogens is 3. The maximum Gasteiger partial charge on any atom is 0.258 e. The summed E-state index contributed by atoms with van der Waals surface area (Å²) in [4.78, 5) is 39.7. The second-order valence-electron chi connectivity index (χ2n) is 10.9. The van der Waals surface area contributed by atoms with Crippen molar-refractivity contribution in [2.45, 2.75) is 45.6 Å². The van der Waals surface area contributed by atoms with Gasteiger partial charge in [0.15, 0.2) is 5.65 Å². The van der Waals surface area contributed by atoms with Gasteiger partial charge in [0.2, 0.25) is 5.91 Å². The number of amides is 2. The average Bonchev–Trinajstić information content (AvgIpc) is 3.32. The molecule has 10 nitrogen and oxygen atoms in total. The van der Waals surface area contributed by atoms with Gasteiger partial charge in [-0.2, -0.15) is 9.61 Å². The van der Waals surface area contributed by atoms with Crippen molar-refractivity contribution < 1.29 is 14.3 Å². The molecular formula is C29H37N7O3. The second kappa shape index (κ2) is 10.4. The summed E-state index contributed by atoms with van der Waals surface area (Å²) >= 11 is 0. The third-order valence-corrected chi connectivity index (χ3v) is 8.22. The molecule has 3 aromatic rings. The van der Waals surface area contributed by atoms with E-state index in [-0.39, 0.29) is 17.9 Å². The van der Waals surface area contributed by atoms with Gasteiger partial charge in [-0.3, -0.25) is 9.59 Å². The molecule has 1 aromatic carbocycles. The van der Waals surface area contributed by atoms with E-state index in [9.17, 15) is 9.59 Å². The zero-order valence-electron chi connectivity index (χ0n) is 23.1. The SMILES string of the molecule is CC(=O)N1CCOc2ccc(C)cc2C(=O)N2CCCC[C@H]2c2cc3nc(N4CCC4)cc(n3n2)N(C)CC1. The summed E-state index contributed by atoms with van der Waals surface area (Å²) in [7, 11) is 2.03. The molecule has 0 spiro atoms. The van der Waals surface area contributed by atoms with Gasteiger partial charge in [-0.05, 0) is 44.7 Å². The molecule has 2 amide bonds. The monoisotopic (exact) mass is 531 g/mol. The van der Waals surface area contributed by atoms with Gasteiger partial charge in [-0.25, -0.2) is 4.98 Å². The van der Waals surface area contributed by atoms with Crippen molar-refractivity contribution in [2.75, 3.05) is 62.7 Å². The number of hydrogen-bond acceptors (Lipinski definition) is 7. The highest BCUT2D eigenvalue weighted by atomic mass is 16.5. The van der Waals surface area contributed by atoms with Crippen molar-refractivity contribution >= 4 is 29.1 Å². The highest BCUT2D eigenvalue weighted by molar-refractivity contribution is 5.97. The Kier molecular flexibility index (Phi) is 6.78. The fourth-order valence-electron chi connectivity index (χ4n) is 5.76. The van der Waals surface area contributed by atoms with Crippen LogP contribution in [0, 0.1) is 6.92 Å². The number of benzene rings is 1. The first-order valence-corrected chi connectivity index (χ1v) is 14.1. The number of rotatable bonds is 1. The van der Waals surface area contributed by atoms with Gasteiger partial charge < -0.3 is 24.3 Å². The van der Waals surface area contributed by atoms with Crippen LogP contribution >= 0.6 is 0 Å². The Bertz CT molecular complexity index is 1400. The predicted molar refractivity (Wildman–Crippen MR) is 150 cm³/mol. The molecule has 0 saturated carbocycles. The Morgan fingerprint density at radius 2 is 1.85 bits per heavy atom. The molecule has 2 fully saturated rings. The highest BCUT2D eigenvalue weighted by Crippen LogP contribution is 2.35. The molecule has 39 heavy (non-hydrogen) atoms. The summed E-state index contributed by atoms with van der Waals surface area (Å²) in [5.74, 6) is 2.37. The smallest absolute Gasteiger partial charge is 0.258 e. The minimum absolute atomic E-state index is 0.00741. The molecule has 2 saturated heterocycles. The Morgan fingerprint density at radius 1 is 1.00 bits per heavy atom. The number of aryl methyl sites for hydroxylation is 1. The van der Waals surface area contributed by atoms with Crippen LogP contribution in [0.4, 0.5) is 11.6 Å². The maximum absolute atomic E-state index is 14.1. The first kappa shape index (κ1) is 25.5. The predicted octanol–water partition coefficient (Wildman–Crippen LogP) is 3.29. The maximum atomic E-state index is 14.1. The van der Waals surface area contributed by atoms with Gasteiger partial charge in [0.1, 0.15) is 24.0 Å². The summed E-state index contributed by atoms with van der Waals surface area (Å²) in [6.07, 6.45) is 4.02. The van der Waals surface area contributed by atoms with E-state index in [1.165, 1.54) is 0 Å². The Morgan fingerprint density at radius 3 is 2.62 bits per heavy atom. The molecule has 2 bridgehead atoms. The first-order chi connectivity index (χ1) is 18.9. The van der Waals surface area contributed by atoms with Crippen LogP contribution in [0.1, 0.15) is 60.3 Å². The number of likely N-dealkylation sites (N-methyl/N-ethyl adjacent to an activating group) is 1. The molecule has 206 valence electrons. The summed E-state index contributed by atoms with van der Waals surface area (Å²) in [6, 6.07) is 9.75. The zero-order chi connectivity index (χ0) is 27.1. The normalized spacial score (nSPS) is 20.5. The van der Waals surface area contributed by atoms with Crippen LogP contribution in [0.2, 0.25) is 0 Å². The van der Waals surface area contributed by atoms with Crippen molar-refractivity contribution in [2.24, 2.45) is 0 Å². The van der Waals surface area contributed by atoms with E-state index in [4.69, 9.17) is 14.8 Å². The molecule has 0 aliphatic carbocycles. The summed E-state index contributed by atoms with van der Waals surface area (Å²) in [5, 5.41) is 5.05. The quantitative estimate of drug-likeness (QED) is 0.476. The fourth-order valence-corrected chi connectivity index (χ4v) is 5.76. The van der Waals surface area contributed by atoms with Gasteiger partial charge in [0.25, 0.3) is 5.91 Å². The topological polar surface area (TPSA) is 86.5 Å². The number of piperidine rings is 1. The Balaban J connectivity index is 1.47. The highest BCUT2D eigenvalue weighted by Gasteiger charge is 2.33. The lowest BCUT2D eigenvalue weighted by molar-refractivity contribution is -0.129. The summed E-state index contributed by atoms with van der Waals surface area (Å²) < 4.78 is 8.05. The van der Waals surface area contributed by atoms with E-state index in [0.29, 0.717) is 44.1 Å². The number of carbonyl (C=O) groups excluding carboxylic acids is 2. The van der Waals surface area contributed by atoms with Crippen molar-refractivity contribution in [3.8, 4) is 5.75 Å². The van der Waals surface area contributed by atoms with Crippen molar-refractivity contribution in [1.82, 2.24) is 24.4 Å². The number of fused-ring (bicyclic) bond motifs is 4. The Labute approximate surface area is 229 Å². The fraction of sp³-hybridized carbons (Fsp3) is 0.517. The molecule has 0 radical (unpaired) electrons. The summed E-state index contributed by atoms with van der Waals surface area (Å²) in [5.41, 5.74) is 3.20. The van der Waals surface area contributed by atoms with Gasteiger partial charge >= 0.3 is 0 Å². The van der Waals surface area contributed by atoms with E-state index < -0.39 is 0 Å². The lowest BCUT2D eigenvalue weighted by atomic mass is 9.97. The van der Waals surface area contributed by atoms with Gasteiger partial charge in [-0.1, -0.05) is 11.6 Å². The molecule has 0 unspecified atom stereocenters. The van der Waals surface area contributed by atoms with Gasteiger partial charge in [-0.15, -0.1) is 0 Å². The van der Waals surface area contributed by atoms with Crippen LogP contribution in [-0.2, 0) is 4.79 Å². The average molecular weight is 532 g/mol. The van der Waals surface area contributed by atoms with E-state index in [0.717, 1.165) is 67.3 Å². The first-order valence-electron chi connectivity index (χ1n) is 14.1. The molecule has 5 heterocycles. The van der Waals surface area contributed by atoms with Crippen LogP contribution in [0.25, 0.3) is 5.65 Å². The summed E-state index contributed by atoms with van der Waals surface area (Å²) in [6.45, 7) is 8.16. The molecule has 1 atom stereocenters. The van der Waals surface area contributed by atoms with Gasteiger partial charge in [0.05, 0.1) is 23.8 Å². The van der Waals surface area contributed by atoms with Crippen LogP contribution in [0.3, 0.4) is 0 Å². The number of anilines is 2. The number of nitrogens with zero attached hydrogens (tertiary/aromatic N) is 7. The standard InChI is InChI=1S/C29H37N7O3/c1-20-8-9-25-22(17-20)29(38)35-12-5-4-7-24(35)23-18-27-30-26(34-10-6-11-34)19-28(36(27)31-23)32(3)13-14-33(21(2)37)15-16-39-25/h8-9,17-19,24H,4-7,10-16H2,1-3H3/t24-/m0/s1. The minimum Gasteiger partial charge on any atom is -0.491 e. The third-order valence-electron chi connectivity index (χ3n) is 8.22. The van der Waals surface area contributed by atoms with Crippen molar-refractivity contribution in [1.29, 1.82) is 0 Å². The molecule has 0 N–H and O–H groups in total. The largest absolute Gasteiger partial charge is 0.491 e. The number of ether oxygens (including phenoxy) is 1. The molecule has 2 aromatic heterocycles. The van der Waals surface area contributed by atoms with E-state index >= 15 is 0 Å². The van der Waals surface area contributed by atoms with Crippen molar-refractivity contribution in [3.05, 3.63) is 47.2 Å². The number of hydrogen-bond donors (Lipinski definition) is 0. The van der Waals surface area contributed by atoms with E-state index in [2.05, 4.69) is 15.9 Å². The van der Waals surface area contributed by atoms with Crippen LogP contribution < -0.4 is 14.5 Å². The second-order valence-corrected chi connectivity index (χ2v) is 10.9. The minimum atomic E-state index is -0.131. The van der Waals surface area contributed by atoms with Crippen molar-refractivity contribution in [3.63, 3.8) is 0 Å². The molecule has 10 heteroatoms. The van der Waals surface area contributed by atoms with Crippen LogP contribution in [0.5, 0.6) is 5.75 Å².